The number of hydrogen-bond donors (Lipinski definition) is 5. The SMILES string of the molecule is CN(CC1(C)COC1)[C@H]1C(=O)C(C(N)=O)=C(O)[C@@]2(O)C(=O)C3=C(O)c4c(O)cccc4C[C@H]3C[C@@H]12. The molecule has 10 heteroatoms. The van der Waals surface area contributed by atoms with Gasteiger partial charge in [-0.25, -0.2) is 0 Å². The zero-order chi connectivity index (χ0) is 25.4. The number of aliphatic hydroxyl groups is 3. The molecule has 4 aliphatic rings. The number of phenols is 1. The van der Waals surface area contributed by atoms with Crippen LogP contribution in [0.1, 0.15) is 24.5 Å². The van der Waals surface area contributed by atoms with Crippen LogP contribution >= 0.6 is 0 Å². The zero-order valence-corrected chi connectivity index (χ0v) is 19.4. The van der Waals surface area contributed by atoms with E-state index in [0.29, 0.717) is 25.3 Å². The molecule has 0 spiro atoms. The molecule has 1 aromatic rings. The van der Waals surface area contributed by atoms with Gasteiger partial charge in [0.15, 0.2) is 11.4 Å². The molecular formula is C25H28N2O8. The fraction of sp³-hybridized carbons (Fsp3) is 0.480. The number of nitrogens with two attached hydrogens (primary N) is 1. The van der Waals surface area contributed by atoms with Crippen molar-refractivity contribution in [3.63, 3.8) is 0 Å². The van der Waals surface area contributed by atoms with Gasteiger partial charge in [-0.3, -0.25) is 19.3 Å². The number of phenolic OH excluding ortho intramolecular Hbond substituents is 1. The smallest absolute Gasteiger partial charge is 0.255 e. The first-order valence-electron chi connectivity index (χ1n) is 11.5. The molecule has 5 rings (SSSR count). The van der Waals surface area contributed by atoms with Crippen LogP contribution in [0, 0.1) is 17.3 Å². The minimum Gasteiger partial charge on any atom is -0.508 e. The third-order valence-corrected chi connectivity index (χ3v) is 7.91. The van der Waals surface area contributed by atoms with E-state index in [1.807, 2.05) is 6.92 Å². The molecule has 186 valence electrons. The number of Topliss-reactive ketones (excluding diaryl/α,β-unsaturated/α-hetero) is 2. The number of aliphatic hydroxyl groups excluding tert-OH is 2. The highest BCUT2D eigenvalue weighted by Crippen LogP contribution is 2.52. The van der Waals surface area contributed by atoms with Crippen molar-refractivity contribution >= 4 is 23.2 Å². The first-order valence-corrected chi connectivity index (χ1v) is 11.5. The largest absolute Gasteiger partial charge is 0.508 e. The van der Waals surface area contributed by atoms with E-state index in [-0.39, 0.29) is 35.1 Å². The Morgan fingerprint density at radius 2 is 1.91 bits per heavy atom. The lowest BCUT2D eigenvalue weighted by atomic mass is 9.57. The lowest BCUT2D eigenvalue weighted by Gasteiger charge is -2.52. The molecule has 0 radical (unpaired) electrons. The minimum atomic E-state index is -2.64. The molecule has 1 aromatic carbocycles. The zero-order valence-electron chi connectivity index (χ0n) is 19.4. The molecule has 1 saturated heterocycles. The number of ketones is 2. The molecule has 1 aliphatic heterocycles. The average molecular weight is 485 g/mol. The molecule has 1 heterocycles. The van der Waals surface area contributed by atoms with Crippen LogP contribution in [0.2, 0.25) is 0 Å². The normalized spacial score (nSPS) is 31.6. The highest BCUT2D eigenvalue weighted by Gasteiger charge is 2.64. The van der Waals surface area contributed by atoms with E-state index in [9.17, 15) is 34.8 Å². The number of ether oxygens (including phenoxy) is 1. The van der Waals surface area contributed by atoms with Crippen LogP contribution in [0.4, 0.5) is 0 Å². The average Bonchev–Trinajstić information content (AvgIpc) is 2.75. The van der Waals surface area contributed by atoms with E-state index in [2.05, 4.69) is 0 Å². The highest BCUT2D eigenvalue weighted by atomic mass is 16.5. The highest BCUT2D eigenvalue weighted by molar-refractivity contribution is 6.24. The first kappa shape index (κ1) is 23.5. The molecule has 1 amide bonds. The molecule has 6 N–H and O–H groups in total. The number of amides is 1. The van der Waals surface area contributed by atoms with Crippen LogP contribution < -0.4 is 5.73 Å². The van der Waals surface area contributed by atoms with Crippen LogP contribution in [0.25, 0.3) is 5.76 Å². The molecule has 0 aromatic heterocycles. The molecule has 3 aliphatic carbocycles. The molecule has 0 bridgehead atoms. The van der Waals surface area contributed by atoms with Crippen molar-refractivity contribution < 1.29 is 39.5 Å². The van der Waals surface area contributed by atoms with Gasteiger partial charge in [-0.1, -0.05) is 19.1 Å². The van der Waals surface area contributed by atoms with Crippen molar-refractivity contribution in [3.05, 3.63) is 46.2 Å². The van der Waals surface area contributed by atoms with Crippen molar-refractivity contribution in [1.82, 2.24) is 4.90 Å². The maximum absolute atomic E-state index is 13.8. The number of hydrogen-bond acceptors (Lipinski definition) is 9. The number of nitrogens with zero attached hydrogens (tertiary/aromatic N) is 1. The maximum atomic E-state index is 13.8. The van der Waals surface area contributed by atoms with Crippen LogP contribution in [-0.4, -0.2) is 81.2 Å². The number of aromatic hydroxyl groups is 1. The van der Waals surface area contributed by atoms with Gasteiger partial charge in [0.25, 0.3) is 5.91 Å². The van der Waals surface area contributed by atoms with Gasteiger partial charge in [0, 0.05) is 23.5 Å². The minimum absolute atomic E-state index is 0.0702. The molecule has 2 fully saturated rings. The Hall–Kier alpha value is -3.21. The molecule has 1 saturated carbocycles. The summed E-state index contributed by atoms with van der Waals surface area (Å²) in [5.41, 5.74) is 2.25. The summed E-state index contributed by atoms with van der Waals surface area (Å²) >= 11 is 0. The second-order valence-corrected chi connectivity index (χ2v) is 10.5. The number of rotatable bonds is 4. The second kappa shape index (κ2) is 7.64. The van der Waals surface area contributed by atoms with E-state index in [4.69, 9.17) is 10.5 Å². The van der Waals surface area contributed by atoms with Gasteiger partial charge in [0.05, 0.1) is 24.8 Å². The molecule has 10 nitrogen and oxygen atoms in total. The Kier molecular flexibility index (Phi) is 5.14. The Bertz CT molecular complexity index is 1230. The Morgan fingerprint density at radius 3 is 2.51 bits per heavy atom. The number of fused-ring (bicyclic) bond motifs is 3. The summed E-state index contributed by atoms with van der Waals surface area (Å²) in [4.78, 5) is 41.2. The van der Waals surface area contributed by atoms with Crippen LogP contribution in [0.15, 0.2) is 35.1 Å². The first-order chi connectivity index (χ1) is 16.4. The summed E-state index contributed by atoms with van der Waals surface area (Å²) < 4.78 is 5.31. The van der Waals surface area contributed by atoms with Gasteiger partial charge in [-0.05, 0) is 37.4 Å². The third kappa shape index (κ3) is 3.17. The van der Waals surface area contributed by atoms with Crippen molar-refractivity contribution in [2.24, 2.45) is 23.0 Å². The fourth-order valence-electron chi connectivity index (χ4n) is 6.34. The molecular weight excluding hydrogens is 456 g/mol. The molecule has 35 heavy (non-hydrogen) atoms. The van der Waals surface area contributed by atoms with Gasteiger partial charge >= 0.3 is 0 Å². The van der Waals surface area contributed by atoms with Gasteiger partial charge in [0.2, 0.25) is 5.78 Å². The van der Waals surface area contributed by atoms with Gasteiger partial charge in [0.1, 0.15) is 22.8 Å². The molecule has 4 atom stereocenters. The third-order valence-electron chi connectivity index (χ3n) is 7.91. The number of primary amides is 1. The monoisotopic (exact) mass is 484 g/mol. The van der Waals surface area contributed by atoms with Gasteiger partial charge in [-0.2, -0.15) is 0 Å². The fourth-order valence-corrected chi connectivity index (χ4v) is 6.34. The topological polar surface area (TPSA) is 171 Å². The Balaban J connectivity index is 1.66. The van der Waals surface area contributed by atoms with Crippen molar-refractivity contribution in [1.29, 1.82) is 0 Å². The van der Waals surface area contributed by atoms with Crippen LogP contribution in [0.3, 0.4) is 0 Å². The number of carbonyl (C=O) groups excluding carboxylic acids is 3. The Labute approximate surface area is 201 Å². The number of carbonyl (C=O) groups is 3. The standard InChI is InChI=1S/C25H28N2O8/c1-24(9-35-10-24)8-27(2)18-13-7-12-6-11-4-3-5-14(28)15(11)19(29)16(12)21(31)25(13,34)22(32)17(20(18)30)23(26)33/h3-5,12-13,18,28-29,32,34H,6-10H2,1-2H3,(H2,26,33)/t12-,13-,18+,25-/m0/s1. The number of benzene rings is 1. The van der Waals surface area contributed by atoms with Gasteiger partial charge < -0.3 is 30.9 Å². The van der Waals surface area contributed by atoms with Crippen LogP contribution in [0.5, 0.6) is 5.75 Å². The summed E-state index contributed by atoms with van der Waals surface area (Å²) in [6.07, 6.45) is 0.353. The van der Waals surface area contributed by atoms with Crippen molar-refractivity contribution in [3.8, 4) is 5.75 Å². The summed E-state index contributed by atoms with van der Waals surface area (Å²) in [5.74, 6) is -6.49. The van der Waals surface area contributed by atoms with Gasteiger partial charge in [-0.15, -0.1) is 0 Å². The van der Waals surface area contributed by atoms with E-state index < -0.39 is 58.0 Å². The van der Waals surface area contributed by atoms with Crippen molar-refractivity contribution in [2.45, 2.75) is 31.4 Å². The van der Waals surface area contributed by atoms with Crippen molar-refractivity contribution in [2.75, 3.05) is 26.8 Å². The second-order valence-electron chi connectivity index (χ2n) is 10.5. The van der Waals surface area contributed by atoms with E-state index in [0.717, 1.165) is 0 Å². The summed E-state index contributed by atoms with van der Waals surface area (Å²) in [5, 5.41) is 44.0. The predicted octanol–water partition coefficient (Wildman–Crippen LogP) is 0.371. The van der Waals surface area contributed by atoms with E-state index in [1.165, 1.54) is 6.07 Å². The molecule has 0 unspecified atom stereocenters. The lowest BCUT2D eigenvalue weighted by Crippen LogP contribution is -2.67. The predicted molar refractivity (Wildman–Crippen MR) is 122 cm³/mol. The van der Waals surface area contributed by atoms with E-state index >= 15 is 0 Å². The maximum Gasteiger partial charge on any atom is 0.255 e. The number of likely N-dealkylation sites (N-methyl/N-ethyl adjacent to an activating group) is 1. The van der Waals surface area contributed by atoms with Crippen LogP contribution in [-0.2, 0) is 25.5 Å². The lowest BCUT2D eigenvalue weighted by molar-refractivity contribution is -0.159. The quantitative estimate of drug-likeness (QED) is 0.379. The summed E-state index contributed by atoms with van der Waals surface area (Å²) in [7, 11) is 1.66. The summed E-state index contributed by atoms with van der Waals surface area (Å²) in [6.45, 7) is 3.30. The Morgan fingerprint density at radius 1 is 1.23 bits per heavy atom. The summed E-state index contributed by atoms with van der Waals surface area (Å²) in [6, 6.07) is 3.61. The van der Waals surface area contributed by atoms with E-state index in [1.54, 1.807) is 24.1 Å².